The van der Waals surface area contributed by atoms with E-state index in [1.807, 2.05) is 42.5 Å². The van der Waals surface area contributed by atoms with Gasteiger partial charge < -0.3 is 10.4 Å². The zero-order valence-electron chi connectivity index (χ0n) is 15.1. The second kappa shape index (κ2) is 6.38. The lowest BCUT2D eigenvalue weighted by molar-refractivity contribution is 0.0935. The number of carbonyl (C=O) groups is 1. The van der Waals surface area contributed by atoms with E-state index in [0.29, 0.717) is 11.7 Å². The SMILES string of the molecule is O=C(NC1CCc2cc(O)ccc2C1)c1cc(C2CC2)nc2ccccc12. The van der Waals surface area contributed by atoms with Gasteiger partial charge in [-0.1, -0.05) is 24.3 Å². The molecule has 2 N–H and O–H groups in total. The van der Waals surface area contributed by atoms with Crippen LogP contribution in [0.15, 0.2) is 48.5 Å². The largest absolute Gasteiger partial charge is 0.508 e. The van der Waals surface area contributed by atoms with E-state index in [0.717, 1.165) is 41.4 Å². The van der Waals surface area contributed by atoms with Crippen molar-refractivity contribution < 1.29 is 9.90 Å². The standard InChI is InChI=1S/C23H22N2O2/c26-18-10-8-15-11-17(9-7-16(15)12-18)24-23(27)20-13-22(14-5-6-14)25-21-4-2-1-3-19(20)21/h1-4,8,10,12-14,17,26H,5-7,9,11H2,(H,24,27). The molecule has 27 heavy (non-hydrogen) atoms. The van der Waals surface area contributed by atoms with E-state index in [1.54, 1.807) is 6.07 Å². The lowest BCUT2D eigenvalue weighted by Crippen LogP contribution is -2.39. The maximum absolute atomic E-state index is 13.1. The van der Waals surface area contributed by atoms with Crippen LogP contribution in [0.5, 0.6) is 5.75 Å². The Bertz CT molecular complexity index is 1040. The summed E-state index contributed by atoms with van der Waals surface area (Å²) in [5.41, 5.74) is 5.08. The van der Waals surface area contributed by atoms with Gasteiger partial charge in [0.2, 0.25) is 0 Å². The summed E-state index contributed by atoms with van der Waals surface area (Å²) in [5.74, 6) is 0.810. The monoisotopic (exact) mass is 358 g/mol. The number of hydrogen-bond donors (Lipinski definition) is 2. The van der Waals surface area contributed by atoms with Crippen molar-refractivity contribution in [2.45, 2.75) is 44.1 Å². The quantitative estimate of drug-likeness (QED) is 0.741. The average Bonchev–Trinajstić information content (AvgIpc) is 3.52. The number of aromatic nitrogens is 1. The van der Waals surface area contributed by atoms with Crippen molar-refractivity contribution in [1.82, 2.24) is 10.3 Å². The first-order valence-corrected chi connectivity index (χ1v) is 9.69. The van der Waals surface area contributed by atoms with Gasteiger partial charge in [0, 0.05) is 23.0 Å². The molecule has 1 saturated carbocycles. The molecule has 3 aromatic rings. The van der Waals surface area contributed by atoms with E-state index in [4.69, 9.17) is 4.98 Å². The van der Waals surface area contributed by atoms with E-state index in [2.05, 4.69) is 5.32 Å². The molecule has 0 bridgehead atoms. The van der Waals surface area contributed by atoms with Crippen LogP contribution in [0.25, 0.3) is 10.9 Å². The summed E-state index contributed by atoms with van der Waals surface area (Å²) < 4.78 is 0. The number of para-hydroxylation sites is 1. The molecule has 2 aromatic carbocycles. The Balaban J connectivity index is 1.42. The molecular weight excluding hydrogens is 336 g/mol. The van der Waals surface area contributed by atoms with Crippen LogP contribution in [0.2, 0.25) is 0 Å². The van der Waals surface area contributed by atoms with Crippen molar-refractivity contribution >= 4 is 16.8 Å². The van der Waals surface area contributed by atoms with Gasteiger partial charge in [0.05, 0.1) is 11.1 Å². The second-order valence-electron chi connectivity index (χ2n) is 7.75. The molecule has 5 rings (SSSR count). The third kappa shape index (κ3) is 3.16. The van der Waals surface area contributed by atoms with Gasteiger partial charge in [-0.15, -0.1) is 0 Å². The molecule has 0 spiro atoms. The van der Waals surface area contributed by atoms with Gasteiger partial charge in [0.1, 0.15) is 5.75 Å². The van der Waals surface area contributed by atoms with E-state index in [-0.39, 0.29) is 11.9 Å². The summed E-state index contributed by atoms with van der Waals surface area (Å²) in [6, 6.07) is 15.5. The first-order chi connectivity index (χ1) is 13.2. The average molecular weight is 358 g/mol. The predicted molar refractivity (Wildman–Crippen MR) is 105 cm³/mol. The van der Waals surface area contributed by atoms with Crippen LogP contribution in [-0.2, 0) is 12.8 Å². The zero-order chi connectivity index (χ0) is 18.4. The van der Waals surface area contributed by atoms with Gasteiger partial charge >= 0.3 is 0 Å². The molecular formula is C23H22N2O2. The fourth-order valence-electron chi connectivity index (χ4n) is 4.10. The highest BCUT2D eigenvalue weighted by Gasteiger charge is 2.28. The van der Waals surface area contributed by atoms with Crippen molar-refractivity contribution in [3.8, 4) is 5.75 Å². The van der Waals surface area contributed by atoms with Gasteiger partial charge in [0.25, 0.3) is 5.91 Å². The van der Waals surface area contributed by atoms with Crippen molar-refractivity contribution in [2.75, 3.05) is 0 Å². The Morgan fingerprint density at radius 1 is 1.04 bits per heavy atom. The summed E-state index contributed by atoms with van der Waals surface area (Å²) in [4.78, 5) is 17.9. The topological polar surface area (TPSA) is 62.2 Å². The number of carbonyl (C=O) groups excluding carboxylic acids is 1. The van der Waals surface area contributed by atoms with Crippen LogP contribution in [0.1, 0.15) is 52.4 Å². The maximum Gasteiger partial charge on any atom is 0.252 e. The molecule has 0 radical (unpaired) electrons. The summed E-state index contributed by atoms with van der Waals surface area (Å²) in [7, 11) is 0. The summed E-state index contributed by atoms with van der Waals surface area (Å²) in [6.45, 7) is 0. The van der Waals surface area contributed by atoms with Gasteiger partial charge in [-0.3, -0.25) is 9.78 Å². The summed E-state index contributed by atoms with van der Waals surface area (Å²) in [6.07, 6.45) is 4.90. The lowest BCUT2D eigenvalue weighted by Gasteiger charge is -2.26. The lowest BCUT2D eigenvalue weighted by atomic mass is 9.88. The number of fused-ring (bicyclic) bond motifs is 2. The molecule has 1 amide bonds. The van der Waals surface area contributed by atoms with E-state index in [1.165, 1.54) is 24.0 Å². The highest BCUT2D eigenvalue weighted by Crippen LogP contribution is 2.40. The highest BCUT2D eigenvalue weighted by molar-refractivity contribution is 6.06. The Kier molecular flexibility index (Phi) is 3.85. The molecule has 1 atom stereocenters. The minimum absolute atomic E-state index is 0.0114. The normalized spacial score (nSPS) is 18.9. The first-order valence-electron chi connectivity index (χ1n) is 9.69. The molecule has 2 aliphatic carbocycles. The van der Waals surface area contributed by atoms with Crippen LogP contribution in [0.3, 0.4) is 0 Å². The summed E-state index contributed by atoms with van der Waals surface area (Å²) >= 11 is 0. The Morgan fingerprint density at radius 2 is 1.89 bits per heavy atom. The molecule has 1 aromatic heterocycles. The number of hydrogen-bond acceptors (Lipinski definition) is 3. The van der Waals surface area contributed by atoms with Gasteiger partial charge in [0.15, 0.2) is 0 Å². The molecule has 4 heteroatoms. The van der Waals surface area contributed by atoms with Crippen molar-refractivity contribution in [3.05, 3.63) is 70.9 Å². The Hall–Kier alpha value is -2.88. The number of rotatable bonds is 3. The minimum atomic E-state index is -0.0114. The maximum atomic E-state index is 13.1. The fourth-order valence-corrected chi connectivity index (χ4v) is 4.10. The smallest absolute Gasteiger partial charge is 0.252 e. The number of pyridine rings is 1. The fraction of sp³-hybridized carbons (Fsp3) is 0.304. The molecule has 136 valence electrons. The van der Waals surface area contributed by atoms with Gasteiger partial charge in [-0.2, -0.15) is 0 Å². The third-order valence-corrected chi connectivity index (χ3v) is 5.73. The van der Waals surface area contributed by atoms with Crippen LogP contribution in [0, 0.1) is 0 Å². The van der Waals surface area contributed by atoms with E-state index < -0.39 is 0 Å². The van der Waals surface area contributed by atoms with Crippen molar-refractivity contribution in [1.29, 1.82) is 0 Å². The number of nitrogens with zero attached hydrogens (tertiary/aromatic N) is 1. The van der Waals surface area contributed by atoms with Crippen molar-refractivity contribution in [2.24, 2.45) is 0 Å². The van der Waals surface area contributed by atoms with Gasteiger partial charge in [-0.25, -0.2) is 0 Å². The number of benzene rings is 2. The van der Waals surface area contributed by atoms with Crippen LogP contribution < -0.4 is 5.32 Å². The number of nitrogens with one attached hydrogen (secondary N) is 1. The third-order valence-electron chi connectivity index (χ3n) is 5.73. The highest BCUT2D eigenvalue weighted by atomic mass is 16.3. The van der Waals surface area contributed by atoms with Gasteiger partial charge in [-0.05, 0) is 67.5 Å². The minimum Gasteiger partial charge on any atom is -0.508 e. The Labute approximate surface area is 158 Å². The molecule has 1 unspecified atom stereocenters. The summed E-state index contributed by atoms with van der Waals surface area (Å²) in [5, 5.41) is 13.8. The Morgan fingerprint density at radius 3 is 2.74 bits per heavy atom. The second-order valence-corrected chi connectivity index (χ2v) is 7.75. The number of phenols is 1. The number of aromatic hydroxyl groups is 1. The molecule has 0 aliphatic heterocycles. The van der Waals surface area contributed by atoms with E-state index >= 15 is 0 Å². The molecule has 4 nitrogen and oxygen atoms in total. The number of phenolic OH excluding ortho intramolecular Hbond substituents is 1. The molecule has 2 aliphatic rings. The van der Waals surface area contributed by atoms with Crippen LogP contribution in [-0.4, -0.2) is 22.0 Å². The molecule has 0 saturated heterocycles. The molecule has 1 heterocycles. The zero-order valence-corrected chi connectivity index (χ0v) is 15.1. The van der Waals surface area contributed by atoms with Crippen molar-refractivity contribution in [3.63, 3.8) is 0 Å². The van der Waals surface area contributed by atoms with Crippen LogP contribution in [0.4, 0.5) is 0 Å². The number of aryl methyl sites for hydroxylation is 1. The molecule has 1 fully saturated rings. The van der Waals surface area contributed by atoms with E-state index in [9.17, 15) is 9.90 Å². The van der Waals surface area contributed by atoms with Crippen LogP contribution >= 0.6 is 0 Å². The number of amides is 1. The predicted octanol–water partition coefficient (Wildman–Crippen LogP) is 4.11. The first kappa shape index (κ1) is 16.3.